The maximum Gasteiger partial charge on any atom is 0.228 e. The standard InChI is InChI=1S/C34H29N5OS/c1-21-9-11-25(38-33(40)15-22-6-3-2-4-7-22)16-24(14-21)23-10-12-29(35)27(17-23)34(36)30-18-26-28(32-8-5-13-41-32)19-37-20-31(26)39-30/h2-14,16-21,36,39H,15,35H2,1H3,(H,38,40)/t21-/m0/s1. The molecule has 0 radical (unpaired) electrons. The van der Waals surface area contributed by atoms with E-state index >= 15 is 0 Å². The van der Waals surface area contributed by atoms with Crippen LogP contribution in [0.4, 0.5) is 5.69 Å². The van der Waals surface area contributed by atoms with E-state index in [-0.39, 0.29) is 11.8 Å². The molecule has 1 aliphatic rings. The van der Waals surface area contributed by atoms with Gasteiger partial charge in [-0.15, -0.1) is 11.3 Å². The van der Waals surface area contributed by atoms with E-state index in [2.05, 4.69) is 40.4 Å². The fourth-order valence-corrected chi connectivity index (χ4v) is 5.76. The third-order valence-corrected chi connectivity index (χ3v) is 7.98. The molecule has 0 unspecified atom stereocenters. The Hall–Kier alpha value is -5.01. The summed E-state index contributed by atoms with van der Waals surface area (Å²) >= 11 is 1.66. The fourth-order valence-electron chi connectivity index (χ4n) is 5.01. The van der Waals surface area contributed by atoms with Gasteiger partial charge < -0.3 is 16.0 Å². The van der Waals surface area contributed by atoms with E-state index in [9.17, 15) is 4.79 Å². The number of H-pyrrole nitrogens is 1. The van der Waals surface area contributed by atoms with Gasteiger partial charge in [0.1, 0.15) is 0 Å². The van der Waals surface area contributed by atoms with Gasteiger partial charge in [-0.05, 0) is 64.4 Å². The zero-order chi connectivity index (χ0) is 28.3. The second-order valence-corrected chi connectivity index (χ2v) is 11.1. The van der Waals surface area contributed by atoms with E-state index in [1.165, 1.54) is 0 Å². The first kappa shape index (κ1) is 26.2. The number of aromatic amines is 1. The average molecular weight is 556 g/mol. The van der Waals surface area contributed by atoms with Crippen molar-refractivity contribution >= 4 is 45.1 Å². The number of carbonyl (C=O) groups is 1. The number of carbonyl (C=O) groups excluding carboxylic acids is 1. The molecule has 0 saturated heterocycles. The van der Waals surface area contributed by atoms with Crippen LogP contribution < -0.4 is 11.1 Å². The van der Waals surface area contributed by atoms with E-state index < -0.39 is 0 Å². The van der Waals surface area contributed by atoms with Crippen LogP contribution in [0.3, 0.4) is 0 Å². The molecule has 3 heterocycles. The molecule has 1 aliphatic carbocycles. The van der Waals surface area contributed by atoms with Crippen molar-refractivity contribution in [3.63, 3.8) is 0 Å². The van der Waals surface area contributed by atoms with Crippen LogP contribution in [0.25, 0.3) is 26.9 Å². The first-order chi connectivity index (χ1) is 19.9. The van der Waals surface area contributed by atoms with Gasteiger partial charge in [-0.3, -0.25) is 15.2 Å². The molecule has 5 aromatic rings. The molecule has 0 spiro atoms. The molecule has 0 fully saturated rings. The number of nitrogens with one attached hydrogen (secondary N) is 3. The van der Waals surface area contributed by atoms with E-state index in [0.29, 0.717) is 29.1 Å². The fraction of sp³-hybridized carbons (Fsp3) is 0.0882. The van der Waals surface area contributed by atoms with Crippen LogP contribution in [0.1, 0.15) is 29.3 Å². The van der Waals surface area contributed by atoms with Crippen molar-refractivity contribution in [3.05, 3.63) is 137 Å². The summed E-state index contributed by atoms with van der Waals surface area (Å²) in [6, 6.07) is 21.5. The minimum absolute atomic E-state index is 0.0732. The van der Waals surface area contributed by atoms with Crippen LogP contribution in [0.2, 0.25) is 0 Å². The first-order valence-electron chi connectivity index (χ1n) is 13.4. The van der Waals surface area contributed by atoms with Gasteiger partial charge in [0.15, 0.2) is 0 Å². The summed E-state index contributed by atoms with van der Waals surface area (Å²) in [6.45, 7) is 2.10. The van der Waals surface area contributed by atoms with E-state index in [4.69, 9.17) is 11.1 Å². The summed E-state index contributed by atoms with van der Waals surface area (Å²) in [7, 11) is 0. The maximum atomic E-state index is 12.8. The topological polar surface area (TPSA) is 108 Å². The number of benzene rings is 2. The molecule has 5 N–H and O–H groups in total. The molecule has 7 heteroatoms. The Morgan fingerprint density at radius 2 is 1.95 bits per heavy atom. The van der Waals surface area contributed by atoms with Gasteiger partial charge >= 0.3 is 0 Å². The smallest absolute Gasteiger partial charge is 0.228 e. The average Bonchev–Trinajstić information content (AvgIpc) is 3.63. The molecule has 6 rings (SSSR count). The predicted octanol–water partition coefficient (Wildman–Crippen LogP) is 7.12. The van der Waals surface area contributed by atoms with Crippen LogP contribution in [0.5, 0.6) is 0 Å². The normalized spacial score (nSPS) is 14.8. The van der Waals surface area contributed by atoms with Crippen LogP contribution >= 0.6 is 11.3 Å². The monoisotopic (exact) mass is 555 g/mol. The minimum atomic E-state index is -0.0732. The van der Waals surface area contributed by atoms with Crippen molar-refractivity contribution in [2.75, 3.05) is 5.73 Å². The number of hydrogen-bond acceptors (Lipinski definition) is 5. The Bertz CT molecular complexity index is 1840. The van der Waals surface area contributed by atoms with Crippen molar-refractivity contribution in [1.29, 1.82) is 5.41 Å². The molecule has 1 amide bonds. The number of nitrogens with two attached hydrogens (primary N) is 1. The van der Waals surface area contributed by atoms with Gasteiger partial charge in [0.05, 0.1) is 29.5 Å². The quantitative estimate of drug-likeness (QED) is 0.127. The highest BCUT2D eigenvalue weighted by Gasteiger charge is 2.17. The number of amides is 1. The number of pyridine rings is 1. The summed E-state index contributed by atoms with van der Waals surface area (Å²) in [5, 5.41) is 15.2. The molecule has 1 atom stereocenters. The second kappa shape index (κ2) is 11.2. The van der Waals surface area contributed by atoms with Gasteiger partial charge in [-0.1, -0.05) is 61.5 Å². The van der Waals surface area contributed by atoms with E-state index in [0.717, 1.165) is 43.7 Å². The largest absolute Gasteiger partial charge is 0.398 e. The van der Waals surface area contributed by atoms with Gasteiger partial charge in [-0.2, -0.15) is 0 Å². The molecule has 0 aliphatic heterocycles. The highest BCUT2D eigenvalue weighted by Crippen LogP contribution is 2.33. The number of rotatable bonds is 7. The van der Waals surface area contributed by atoms with Gasteiger partial charge in [-0.25, -0.2) is 0 Å². The molecule has 41 heavy (non-hydrogen) atoms. The molecule has 2 aromatic carbocycles. The Morgan fingerprint density at radius 3 is 2.76 bits per heavy atom. The lowest BCUT2D eigenvalue weighted by atomic mass is 9.96. The summed E-state index contributed by atoms with van der Waals surface area (Å²) in [5.41, 5.74) is 14.0. The molecular weight excluding hydrogens is 526 g/mol. The molecular formula is C34H29N5OS. The lowest BCUT2D eigenvalue weighted by Crippen LogP contribution is -2.23. The van der Waals surface area contributed by atoms with Crippen molar-refractivity contribution < 1.29 is 4.79 Å². The lowest BCUT2D eigenvalue weighted by Gasteiger charge is -2.12. The number of aromatic nitrogens is 2. The van der Waals surface area contributed by atoms with Crippen molar-refractivity contribution in [1.82, 2.24) is 15.3 Å². The number of anilines is 1. The Morgan fingerprint density at radius 1 is 1.10 bits per heavy atom. The Labute approximate surface area is 242 Å². The first-order valence-corrected chi connectivity index (χ1v) is 14.3. The number of hydrogen-bond donors (Lipinski definition) is 4. The summed E-state index contributed by atoms with van der Waals surface area (Å²) in [4.78, 5) is 21.7. The SMILES string of the molecule is C[C@H]1C=CC(NC(=O)Cc2ccccc2)=CC(c2ccc(N)c(C(=N)c3cc4c(-c5cccs5)cncc4[nH]3)c2)=C1. The summed E-state index contributed by atoms with van der Waals surface area (Å²) < 4.78 is 0. The third-order valence-electron chi connectivity index (χ3n) is 7.08. The lowest BCUT2D eigenvalue weighted by molar-refractivity contribution is -0.119. The Kier molecular flexibility index (Phi) is 7.18. The summed E-state index contributed by atoms with van der Waals surface area (Å²) in [5.74, 6) is 0.0816. The second-order valence-electron chi connectivity index (χ2n) is 10.1. The molecule has 0 saturated carbocycles. The van der Waals surface area contributed by atoms with Gasteiger partial charge in [0.25, 0.3) is 0 Å². The van der Waals surface area contributed by atoms with Gasteiger partial charge in [0.2, 0.25) is 5.91 Å². The molecule has 3 aromatic heterocycles. The highest BCUT2D eigenvalue weighted by atomic mass is 32.1. The predicted molar refractivity (Wildman–Crippen MR) is 169 cm³/mol. The number of nitrogens with zero attached hydrogens (tertiary/aromatic N) is 1. The van der Waals surface area contributed by atoms with Crippen LogP contribution in [-0.4, -0.2) is 21.6 Å². The van der Waals surface area contributed by atoms with Gasteiger partial charge in [0, 0.05) is 39.0 Å². The number of fused-ring (bicyclic) bond motifs is 1. The van der Waals surface area contributed by atoms with Crippen molar-refractivity contribution in [2.45, 2.75) is 13.3 Å². The van der Waals surface area contributed by atoms with E-state index in [1.54, 1.807) is 17.5 Å². The zero-order valence-electron chi connectivity index (χ0n) is 22.5. The molecule has 6 nitrogen and oxygen atoms in total. The number of thiophene rings is 1. The summed E-state index contributed by atoms with van der Waals surface area (Å²) in [6.07, 6.45) is 12.1. The van der Waals surface area contributed by atoms with Crippen molar-refractivity contribution in [3.8, 4) is 10.4 Å². The number of allylic oxidation sites excluding steroid dienone is 5. The van der Waals surface area contributed by atoms with Crippen LogP contribution in [0.15, 0.2) is 115 Å². The Balaban J connectivity index is 1.30. The minimum Gasteiger partial charge on any atom is -0.398 e. The molecule has 202 valence electrons. The van der Waals surface area contributed by atoms with E-state index in [1.807, 2.05) is 84.4 Å². The van der Waals surface area contributed by atoms with Crippen molar-refractivity contribution in [2.24, 2.45) is 5.92 Å². The maximum absolute atomic E-state index is 12.8. The zero-order valence-corrected chi connectivity index (χ0v) is 23.3. The molecule has 0 bridgehead atoms. The van der Waals surface area contributed by atoms with Crippen LogP contribution in [-0.2, 0) is 11.2 Å². The third kappa shape index (κ3) is 5.66. The highest BCUT2D eigenvalue weighted by molar-refractivity contribution is 7.13. The number of nitrogen functional groups attached to an aromatic ring is 1. The van der Waals surface area contributed by atoms with Crippen LogP contribution in [0, 0.1) is 11.3 Å².